The first kappa shape index (κ1) is 13.2. The first-order valence-electron chi connectivity index (χ1n) is 6.33. The van der Waals surface area contributed by atoms with Crippen molar-refractivity contribution in [3.05, 3.63) is 64.1 Å². The summed E-state index contributed by atoms with van der Waals surface area (Å²) in [5.74, 6) is 0. The van der Waals surface area contributed by atoms with Gasteiger partial charge in [0.2, 0.25) is 0 Å². The van der Waals surface area contributed by atoms with Gasteiger partial charge in [-0.25, -0.2) is 4.68 Å². The van der Waals surface area contributed by atoms with E-state index < -0.39 is 0 Å². The summed E-state index contributed by atoms with van der Waals surface area (Å²) in [4.78, 5) is 0. The van der Waals surface area contributed by atoms with Crippen LogP contribution < -0.4 is 5.32 Å². The molecule has 2 aromatic heterocycles. The largest absolute Gasteiger partial charge is 0.377 e. The molecule has 1 unspecified atom stereocenters. The topological polar surface area (TPSA) is 29.9 Å². The zero-order valence-electron chi connectivity index (χ0n) is 11.0. The van der Waals surface area contributed by atoms with Crippen molar-refractivity contribution in [2.45, 2.75) is 13.0 Å². The molecule has 0 aliphatic carbocycles. The molecule has 1 aromatic carbocycles. The molecule has 102 valence electrons. The predicted octanol–water partition coefficient (Wildman–Crippen LogP) is 4.76. The minimum absolute atomic E-state index is 0.190. The van der Waals surface area contributed by atoms with Gasteiger partial charge in [-0.1, -0.05) is 23.7 Å². The van der Waals surface area contributed by atoms with E-state index in [1.807, 2.05) is 41.2 Å². The van der Waals surface area contributed by atoms with Gasteiger partial charge in [-0.3, -0.25) is 0 Å². The number of hydrogen-bond acceptors (Lipinski definition) is 3. The van der Waals surface area contributed by atoms with Crippen molar-refractivity contribution in [3.8, 4) is 5.69 Å². The highest BCUT2D eigenvalue weighted by Gasteiger charge is 2.10. The number of nitrogens with one attached hydrogen (secondary N) is 1. The molecule has 2 heterocycles. The molecule has 0 bridgehead atoms. The maximum absolute atomic E-state index is 6.00. The third-order valence-electron chi connectivity index (χ3n) is 3.12. The van der Waals surface area contributed by atoms with Crippen molar-refractivity contribution >= 4 is 28.6 Å². The molecule has 1 N–H and O–H groups in total. The Kier molecular flexibility index (Phi) is 3.76. The minimum atomic E-state index is 0.190. The highest BCUT2D eigenvalue weighted by Crippen LogP contribution is 2.29. The number of anilines is 1. The van der Waals surface area contributed by atoms with Crippen LogP contribution >= 0.6 is 22.9 Å². The van der Waals surface area contributed by atoms with E-state index >= 15 is 0 Å². The smallest absolute Gasteiger partial charge is 0.0931 e. The SMILES string of the molecule is CC(Nc1ccccc1-n1cccn1)c1csc(Cl)c1. The second-order valence-corrected chi connectivity index (χ2v) is 6.06. The van der Waals surface area contributed by atoms with E-state index in [9.17, 15) is 0 Å². The zero-order valence-corrected chi connectivity index (χ0v) is 12.5. The fraction of sp³-hybridized carbons (Fsp3) is 0.133. The van der Waals surface area contributed by atoms with Crippen LogP contribution in [0.3, 0.4) is 0 Å². The molecular formula is C15H14ClN3S. The van der Waals surface area contributed by atoms with Gasteiger partial charge in [-0.15, -0.1) is 11.3 Å². The lowest BCUT2D eigenvalue weighted by Gasteiger charge is -2.17. The van der Waals surface area contributed by atoms with Crippen LogP contribution in [0.25, 0.3) is 5.69 Å². The van der Waals surface area contributed by atoms with Crippen LogP contribution in [0.1, 0.15) is 18.5 Å². The van der Waals surface area contributed by atoms with E-state index in [4.69, 9.17) is 11.6 Å². The first-order chi connectivity index (χ1) is 9.74. The van der Waals surface area contributed by atoms with Gasteiger partial charge in [-0.2, -0.15) is 5.10 Å². The average Bonchev–Trinajstić information content (AvgIpc) is 3.10. The second kappa shape index (κ2) is 5.69. The molecule has 0 aliphatic heterocycles. The fourth-order valence-corrected chi connectivity index (χ4v) is 3.06. The van der Waals surface area contributed by atoms with Gasteiger partial charge in [0, 0.05) is 18.4 Å². The molecule has 20 heavy (non-hydrogen) atoms. The monoisotopic (exact) mass is 303 g/mol. The Bertz CT molecular complexity index is 691. The van der Waals surface area contributed by atoms with Gasteiger partial charge in [-0.05, 0) is 42.1 Å². The number of hydrogen-bond donors (Lipinski definition) is 1. The average molecular weight is 304 g/mol. The Labute approximate surface area is 126 Å². The van der Waals surface area contributed by atoms with Crippen LogP contribution in [0, 0.1) is 0 Å². The predicted molar refractivity (Wildman–Crippen MR) is 84.9 cm³/mol. The molecule has 3 aromatic rings. The highest BCUT2D eigenvalue weighted by atomic mass is 35.5. The number of benzene rings is 1. The van der Waals surface area contributed by atoms with E-state index in [0.29, 0.717) is 0 Å². The Morgan fingerprint density at radius 3 is 2.85 bits per heavy atom. The number of rotatable bonds is 4. The summed E-state index contributed by atoms with van der Waals surface area (Å²) >= 11 is 7.55. The lowest BCUT2D eigenvalue weighted by molar-refractivity contribution is 0.856. The number of nitrogens with zero attached hydrogens (tertiary/aromatic N) is 2. The number of thiophene rings is 1. The van der Waals surface area contributed by atoms with Gasteiger partial charge >= 0.3 is 0 Å². The van der Waals surface area contributed by atoms with E-state index in [0.717, 1.165) is 15.7 Å². The minimum Gasteiger partial charge on any atom is -0.377 e. The standard InChI is InChI=1S/C15H14ClN3S/c1-11(12-9-15(16)20-10-12)18-13-5-2-3-6-14(13)19-8-4-7-17-19/h2-11,18H,1H3. The molecule has 0 saturated heterocycles. The first-order valence-corrected chi connectivity index (χ1v) is 7.59. The molecule has 0 spiro atoms. The highest BCUT2D eigenvalue weighted by molar-refractivity contribution is 7.14. The van der Waals surface area contributed by atoms with Crippen molar-refractivity contribution in [2.24, 2.45) is 0 Å². The Hall–Kier alpha value is -1.78. The Morgan fingerprint density at radius 2 is 2.15 bits per heavy atom. The van der Waals surface area contributed by atoms with E-state index in [-0.39, 0.29) is 6.04 Å². The van der Waals surface area contributed by atoms with Gasteiger partial charge in [0.1, 0.15) is 0 Å². The van der Waals surface area contributed by atoms with Gasteiger partial charge in [0.05, 0.1) is 15.7 Å². The molecule has 3 rings (SSSR count). The molecule has 0 saturated carbocycles. The van der Waals surface area contributed by atoms with Crippen LogP contribution in [-0.4, -0.2) is 9.78 Å². The summed E-state index contributed by atoms with van der Waals surface area (Å²) in [6, 6.07) is 12.2. The molecule has 0 radical (unpaired) electrons. The molecule has 0 fully saturated rings. The molecule has 0 amide bonds. The van der Waals surface area contributed by atoms with Crippen LogP contribution in [0.2, 0.25) is 4.34 Å². The summed E-state index contributed by atoms with van der Waals surface area (Å²) < 4.78 is 2.67. The second-order valence-electron chi connectivity index (χ2n) is 4.52. The lowest BCUT2D eigenvalue weighted by atomic mass is 10.1. The molecule has 5 heteroatoms. The van der Waals surface area contributed by atoms with Crippen molar-refractivity contribution in [2.75, 3.05) is 5.32 Å². The summed E-state index contributed by atoms with van der Waals surface area (Å²) in [6.07, 6.45) is 3.71. The zero-order chi connectivity index (χ0) is 13.9. The van der Waals surface area contributed by atoms with E-state index in [1.165, 1.54) is 5.56 Å². The van der Waals surface area contributed by atoms with Gasteiger partial charge in [0.15, 0.2) is 0 Å². The number of aromatic nitrogens is 2. The van der Waals surface area contributed by atoms with Crippen molar-refractivity contribution < 1.29 is 0 Å². The Balaban J connectivity index is 1.88. The summed E-state index contributed by atoms with van der Waals surface area (Å²) in [5.41, 5.74) is 3.27. The third kappa shape index (κ3) is 2.71. The number of para-hydroxylation sites is 2. The molecular weight excluding hydrogens is 290 g/mol. The van der Waals surface area contributed by atoms with Crippen molar-refractivity contribution in [1.82, 2.24) is 9.78 Å². The maximum Gasteiger partial charge on any atom is 0.0931 e. The number of halogens is 1. The van der Waals surface area contributed by atoms with Gasteiger partial charge < -0.3 is 5.32 Å². The lowest BCUT2D eigenvalue weighted by Crippen LogP contribution is -2.08. The summed E-state index contributed by atoms with van der Waals surface area (Å²) in [5, 5.41) is 9.88. The van der Waals surface area contributed by atoms with E-state index in [2.05, 4.69) is 28.8 Å². The molecule has 3 nitrogen and oxygen atoms in total. The van der Waals surface area contributed by atoms with Crippen LogP contribution in [0.15, 0.2) is 54.2 Å². The molecule has 0 aliphatic rings. The third-order valence-corrected chi connectivity index (χ3v) is 4.22. The van der Waals surface area contributed by atoms with Crippen LogP contribution in [-0.2, 0) is 0 Å². The maximum atomic E-state index is 6.00. The van der Waals surface area contributed by atoms with Crippen molar-refractivity contribution in [1.29, 1.82) is 0 Å². The summed E-state index contributed by atoms with van der Waals surface area (Å²) in [6.45, 7) is 2.12. The quantitative estimate of drug-likeness (QED) is 0.753. The molecule has 1 atom stereocenters. The van der Waals surface area contributed by atoms with Crippen LogP contribution in [0.4, 0.5) is 5.69 Å². The van der Waals surface area contributed by atoms with Crippen LogP contribution in [0.5, 0.6) is 0 Å². The fourth-order valence-electron chi connectivity index (χ4n) is 2.07. The van der Waals surface area contributed by atoms with Gasteiger partial charge in [0.25, 0.3) is 0 Å². The van der Waals surface area contributed by atoms with Crippen molar-refractivity contribution in [3.63, 3.8) is 0 Å². The summed E-state index contributed by atoms with van der Waals surface area (Å²) in [7, 11) is 0. The Morgan fingerprint density at radius 1 is 1.30 bits per heavy atom. The van der Waals surface area contributed by atoms with E-state index in [1.54, 1.807) is 17.5 Å². The normalized spacial score (nSPS) is 12.3.